The number of non-ortho nitro benzene ring substituents is 1. The molecule has 4 nitrogen and oxygen atoms in total. The van der Waals surface area contributed by atoms with Crippen molar-refractivity contribution in [3.05, 3.63) is 64.2 Å². The molecule has 0 saturated carbocycles. The maximum atomic E-state index is 11.0. The molecule has 0 aliphatic carbocycles. The largest absolute Gasteiger partial charge is 0.385 e. The van der Waals surface area contributed by atoms with Crippen molar-refractivity contribution >= 4 is 23.1 Å². The first-order valence-electron chi connectivity index (χ1n) is 6.89. The van der Waals surface area contributed by atoms with Crippen LogP contribution >= 0.6 is 11.8 Å². The summed E-state index contributed by atoms with van der Waals surface area (Å²) in [5.41, 5.74) is 2.14. The van der Waals surface area contributed by atoms with Gasteiger partial charge in [0.15, 0.2) is 0 Å². The lowest BCUT2D eigenvalue weighted by Crippen LogP contribution is -2.00. The third-order valence-corrected chi connectivity index (χ3v) is 3.98. The maximum Gasteiger partial charge on any atom is 0.272 e. The Morgan fingerprint density at radius 1 is 1.19 bits per heavy atom. The van der Waals surface area contributed by atoms with Gasteiger partial charge in [-0.2, -0.15) is 0 Å². The Morgan fingerprint density at radius 3 is 2.62 bits per heavy atom. The van der Waals surface area contributed by atoms with Gasteiger partial charge >= 0.3 is 0 Å². The molecule has 0 aromatic heterocycles. The molecule has 0 fully saturated rings. The van der Waals surface area contributed by atoms with Gasteiger partial charge in [-0.15, -0.1) is 11.8 Å². The molecule has 2 aromatic rings. The van der Waals surface area contributed by atoms with Crippen LogP contribution in [0.2, 0.25) is 0 Å². The first kappa shape index (κ1) is 15.4. The summed E-state index contributed by atoms with van der Waals surface area (Å²) in [4.78, 5) is 11.6. The van der Waals surface area contributed by atoms with Gasteiger partial charge in [-0.1, -0.05) is 37.3 Å². The predicted octanol–water partition coefficient (Wildman–Crippen LogP) is 4.71. The Morgan fingerprint density at radius 2 is 1.95 bits per heavy atom. The van der Waals surface area contributed by atoms with Gasteiger partial charge in [0.2, 0.25) is 0 Å². The molecule has 2 aromatic carbocycles. The van der Waals surface area contributed by atoms with Crippen LogP contribution in [0.15, 0.2) is 53.4 Å². The monoisotopic (exact) mass is 302 g/mol. The Hall–Kier alpha value is -2.01. The smallest absolute Gasteiger partial charge is 0.272 e. The van der Waals surface area contributed by atoms with Crippen molar-refractivity contribution in [1.82, 2.24) is 0 Å². The number of thioether (sulfide) groups is 1. The fourth-order valence-electron chi connectivity index (χ4n) is 1.88. The van der Waals surface area contributed by atoms with E-state index in [-0.39, 0.29) is 10.6 Å². The molecule has 0 atom stereocenters. The summed E-state index contributed by atoms with van der Waals surface area (Å²) in [6, 6.07) is 15.3. The second kappa shape index (κ2) is 7.69. The molecule has 21 heavy (non-hydrogen) atoms. The van der Waals surface area contributed by atoms with E-state index in [0.717, 1.165) is 29.3 Å². The minimum Gasteiger partial charge on any atom is -0.385 e. The van der Waals surface area contributed by atoms with E-state index < -0.39 is 0 Å². The molecule has 0 amide bonds. The average molecular weight is 302 g/mol. The van der Waals surface area contributed by atoms with Gasteiger partial charge in [-0.25, -0.2) is 0 Å². The van der Waals surface area contributed by atoms with Crippen LogP contribution in [0.3, 0.4) is 0 Å². The third kappa shape index (κ3) is 4.79. The highest BCUT2D eigenvalue weighted by molar-refractivity contribution is 7.98. The zero-order valence-corrected chi connectivity index (χ0v) is 12.7. The molecule has 0 saturated heterocycles. The first-order valence-corrected chi connectivity index (χ1v) is 7.87. The van der Waals surface area contributed by atoms with Crippen LogP contribution < -0.4 is 5.32 Å². The summed E-state index contributed by atoms with van der Waals surface area (Å²) in [6.45, 7) is 2.87. The molecular weight excluding hydrogens is 284 g/mol. The van der Waals surface area contributed by atoms with E-state index in [9.17, 15) is 10.1 Å². The number of rotatable bonds is 7. The second-order valence-corrected chi connectivity index (χ2v) is 5.72. The molecule has 110 valence electrons. The fourth-order valence-corrected chi connectivity index (χ4v) is 2.82. The zero-order valence-electron chi connectivity index (χ0n) is 11.9. The van der Waals surface area contributed by atoms with Crippen LogP contribution in [-0.2, 0) is 5.75 Å². The molecule has 0 bridgehead atoms. The number of nitro groups is 1. The summed E-state index contributed by atoms with van der Waals surface area (Å²) >= 11 is 1.61. The molecular formula is C16H18N2O2S. The molecule has 0 heterocycles. The number of hydrogen-bond donors (Lipinski definition) is 1. The van der Waals surface area contributed by atoms with E-state index in [1.54, 1.807) is 23.9 Å². The first-order chi connectivity index (χ1) is 10.2. The van der Waals surface area contributed by atoms with Crippen molar-refractivity contribution in [2.75, 3.05) is 11.9 Å². The van der Waals surface area contributed by atoms with Crippen LogP contribution in [0.1, 0.15) is 18.9 Å². The summed E-state index contributed by atoms with van der Waals surface area (Å²) in [7, 11) is 0. The average Bonchev–Trinajstić information content (AvgIpc) is 2.51. The Bertz CT molecular complexity index is 602. The van der Waals surface area contributed by atoms with E-state index in [1.807, 2.05) is 24.3 Å². The number of benzene rings is 2. The van der Waals surface area contributed by atoms with Gasteiger partial charge in [0.25, 0.3) is 5.69 Å². The lowest BCUT2D eigenvalue weighted by Gasteiger charge is -2.08. The molecule has 0 spiro atoms. The quantitative estimate of drug-likeness (QED) is 0.457. The molecule has 0 aliphatic heterocycles. The minimum atomic E-state index is -0.344. The number of nitrogens with zero attached hydrogens (tertiary/aromatic N) is 1. The number of nitro benzene ring substituents is 1. The van der Waals surface area contributed by atoms with Crippen molar-refractivity contribution in [1.29, 1.82) is 0 Å². The van der Waals surface area contributed by atoms with Crippen molar-refractivity contribution in [2.24, 2.45) is 0 Å². The number of nitrogens with one attached hydrogen (secondary N) is 1. The normalized spacial score (nSPS) is 10.3. The highest BCUT2D eigenvalue weighted by atomic mass is 32.2. The van der Waals surface area contributed by atoms with Gasteiger partial charge in [-0.05, 0) is 18.1 Å². The van der Waals surface area contributed by atoms with Crippen LogP contribution in [-0.4, -0.2) is 11.5 Å². The summed E-state index contributed by atoms with van der Waals surface area (Å²) in [5, 5.41) is 14.2. The van der Waals surface area contributed by atoms with Gasteiger partial charge in [0.05, 0.1) is 4.92 Å². The topological polar surface area (TPSA) is 55.2 Å². The Kier molecular flexibility index (Phi) is 5.63. The van der Waals surface area contributed by atoms with E-state index in [1.165, 1.54) is 5.56 Å². The predicted molar refractivity (Wildman–Crippen MR) is 87.9 cm³/mol. The minimum absolute atomic E-state index is 0.131. The maximum absolute atomic E-state index is 11.0. The third-order valence-electron chi connectivity index (χ3n) is 2.93. The van der Waals surface area contributed by atoms with Crippen molar-refractivity contribution in [2.45, 2.75) is 24.0 Å². The zero-order chi connectivity index (χ0) is 15.1. The van der Waals surface area contributed by atoms with E-state index >= 15 is 0 Å². The Balaban J connectivity index is 2.13. The summed E-state index contributed by atoms with van der Waals surface area (Å²) < 4.78 is 0. The SMILES string of the molecule is CCCNc1cc(SCc2ccccc2)cc([N+](=O)[O-])c1. The van der Waals surface area contributed by atoms with Gasteiger partial charge in [0.1, 0.15) is 0 Å². The lowest BCUT2D eigenvalue weighted by molar-refractivity contribution is -0.385. The standard InChI is InChI=1S/C16H18N2O2S/c1-2-8-17-14-9-15(18(19)20)11-16(10-14)21-12-13-6-4-3-5-7-13/h3-7,9-11,17H,2,8,12H2,1H3. The fraction of sp³-hybridized carbons (Fsp3) is 0.250. The van der Waals surface area contributed by atoms with Crippen LogP contribution in [0.5, 0.6) is 0 Å². The van der Waals surface area contributed by atoms with E-state index in [0.29, 0.717) is 0 Å². The van der Waals surface area contributed by atoms with E-state index in [2.05, 4.69) is 24.4 Å². The van der Waals surface area contributed by atoms with Crippen LogP contribution in [0, 0.1) is 10.1 Å². The lowest BCUT2D eigenvalue weighted by atomic mass is 10.2. The summed E-state index contributed by atoms with van der Waals surface area (Å²) in [6.07, 6.45) is 0.981. The van der Waals surface area contributed by atoms with Crippen molar-refractivity contribution in [3.8, 4) is 0 Å². The summed E-state index contributed by atoms with van der Waals surface area (Å²) in [5.74, 6) is 0.801. The molecule has 1 N–H and O–H groups in total. The van der Waals surface area contributed by atoms with Crippen molar-refractivity contribution in [3.63, 3.8) is 0 Å². The highest BCUT2D eigenvalue weighted by Gasteiger charge is 2.10. The van der Waals surface area contributed by atoms with Crippen LogP contribution in [0.4, 0.5) is 11.4 Å². The highest BCUT2D eigenvalue weighted by Crippen LogP contribution is 2.30. The second-order valence-electron chi connectivity index (χ2n) is 4.67. The van der Waals surface area contributed by atoms with E-state index in [4.69, 9.17) is 0 Å². The molecule has 2 rings (SSSR count). The number of hydrogen-bond acceptors (Lipinski definition) is 4. The van der Waals surface area contributed by atoms with Gasteiger partial charge < -0.3 is 5.32 Å². The van der Waals surface area contributed by atoms with Gasteiger partial charge in [0, 0.05) is 35.0 Å². The molecule has 0 aliphatic rings. The van der Waals surface area contributed by atoms with Gasteiger partial charge in [-0.3, -0.25) is 10.1 Å². The number of anilines is 1. The molecule has 0 radical (unpaired) electrons. The molecule has 5 heteroatoms. The Labute approximate surface area is 128 Å². The molecule has 0 unspecified atom stereocenters. The van der Waals surface area contributed by atoms with Crippen LogP contribution in [0.25, 0.3) is 0 Å². The van der Waals surface area contributed by atoms with Crippen molar-refractivity contribution < 1.29 is 4.92 Å².